The molecule has 0 fully saturated rings. The predicted octanol–water partition coefficient (Wildman–Crippen LogP) is 5.15. The molecule has 0 atom stereocenters. The summed E-state index contributed by atoms with van der Waals surface area (Å²) < 4.78 is 16.6. The summed E-state index contributed by atoms with van der Waals surface area (Å²) in [5.74, 6) is 1.22. The van der Waals surface area contributed by atoms with Gasteiger partial charge in [-0.2, -0.15) is 0 Å². The van der Waals surface area contributed by atoms with E-state index >= 15 is 0 Å². The number of amides is 1. The van der Waals surface area contributed by atoms with Gasteiger partial charge in [-0.1, -0.05) is 36.4 Å². The van der Waals surface area contributed by atoms with Gasteiger partial charge in [0.1, 0.15) is 23.7 Å². The van der Waals surface area contributed by atoms with Crippen LogP contribution in [0.1, 0.15) is 16.1 Å². The van der Waals surface area contributed by atoms with Crippen molar-refractivity contribution in [1.29, 1.82) is 0 Å². The van der Waals surface area contributed by atoms with Crippen molar-refractivity contribution in [2.75, 3.05) is 12.4 Å². The molecule has 0 bridgehead atoms. The smallest absolute Gasteiger partial charge is 0.293 e. The van der Waals surface area contributed by atoms with Gasteiger partial charge >= 0.3 is 0 Å². The maximum absolute atomic E-state index is 12.4. The number of para-hydroxylation sites is 1. The minimum absolute atomic E-state index is 0.162. The van der Waals surface area contributed by atoms with Gasteiger partial charge in [0.2, 0.25) is 0 Å². The van der Waals surface area contributed by atoms with Crippen molar-refractivity contribution in [3.8, 4) is 11.5 Å². The largest absolute Gasteiger partial charge is 0.497 e. The second-order valence-electron chi connectivity index (χ2n) is 6.72. The predicted molar refractivity (Wildman–Crippen MR) is 124 cm³/mol. The van der Waals surface area contributed by atoms with E-state index in [2.05, 4.69) is 10.6 Å². The summed E-state index contributed by atoms with van der Waals surface area (Å²) in [5, 5.41) is 6.64. The fraction of sp³-hybridized carbons (Fsp3) is 0.0833. The number of furan rings is 1. The molecule has 1 amide bonds. The van der Waals surface area contributed by atoms with Crippen LogP contribution in [0.3, 0.4) is 0 Å². The summed E-state index contributed by atoms with van der Waals surface area (Å²) in [7, 11) is 1.63. The van der Waals surface area contributed by atoms with E-state index in [1.807, 2.05) is 60.7 Å². The van der Waals surface area contributed by atoms with Crippen LogP contribution in [-0.2, 0) is 6.61 Å². The number of benzene rings is 3. The van der Waals surface area contributed by atoms with Gasteiger partial charge in [-0.3, -0.25) is 10.1 Å². The molecule has 0 unspecified atom stereocenters. The molecule has 4 aromatic rings. The first-order valence-corrected chi connectivity index (χ1v) is 9.98. The molecule has 2 N–H and O–H groups in total. The maximum atomic E-state index is 12.4. The highest BCUT2D eigenvalue weighted by molar-refractivity contribution is 7.80. The van der Waals surface area contributed by atoms with Crippen LogP contribution in [0.5, 0.6) is 11.5 Å². The van der Waals surface area contributed by atoms with E-state index in [0.29, 0.717) is 23.6 Å². The molecule has 0 saturated carbocycles. The molecule has 1 aromatic heterocycles. The Morgan fingerprint density at radius 1 is 0.968 bits per heavy atom. The van der Waals surface area contributed by atoms with Crippen molar-refractivity contribution in [3.05, 3.63) is 90.2 Å². The summed E-state index contributed by atoms with van der Waals surface area (Å²) in [6.07, 6.45) is 0. The molecule has 6 nitrogen and oxygen atoms in total. The molecular formula is C24H20N2O4S. The molecule has 3 aromatic carbocycles. The average molecular weight is 433 g/mol. The molecule has 0 aliphatic rings. The van der Waals surface area contributed by atoms with Gasteiger partial charge in [-0.15, -0.1) is 0 Å². The number of nitrogens with one attached hydrogen (secondary N) is 2. The van der Waals surface area contributed by atoms with Crippen molar-refractivity contribution in [2.24, 2.45) is 0 Å². The zero-order valence-electron chi connectivity index (χ0n) is 16.8. The minimum atomic E-state index is -0.417. The van der Waals surface area contributed by atoms with Crippen LogP contribution < -0.4 is 20.1 Å². The maximum Gasteiger partial charge on any atom is 0.293 e. The highest BCUT2D eigenvalue weighted by Gasteiger charge is 2.13. The Morgan fingerprint density at radius 2 is 1.77 bits per heavy atom. The zero-order valence-corrected chi connectivity index (χ0v) is 17.6. The zero-order chi connectivity index (χ0) is 21.6. The standard InChI is InChI=1S/C24H20N2O4S/c1-28-19-9-4-6-16(12-19)15-29-20-10-5-8-18(14-20)25-24(31)26-23(27)22-13-17-7-2-3-11-21(17)30-22/h2-14H,15H2,1H3,(H2,25,26,27,31). The summed E-state index contributed by atoms with van der Waals surface area (Å²) in [4.78, 5) is 12.4. The van der Waals surface area contributed by atoms with Gasteiger partial charge < -0.3 is 19.2 Å². The summed E-state index contributed by atoms with van der Waals surface area (Å²) >= 11 is 5.27. The lowest BCUT2D eigenvalue weighted by molar-refractivity contribution is 0.0953. The minimum Gasteiger partial charge on any atom is -0.497 e. The van der Waals surface area contributed by atoms with Crippen LogP contribution in [0, 0.1) is 0 Å². The van der Waals surface area contributed by atoms with E-state index in [1.54, 1.807) is 25.3 Å². The van der Waals surface area contributed by atoms with Crippen LogP contribution in [0.25, 0.3) is 11.0 Å². The second kappa shape index (κ2) is 9.32. The molecule has 0 aliphatic carbocycles. The van der Waals surface area contributed by atoms with Crippen molar-refractivity contribution >= 4 is 39.9 Å². The number of fused-ring (bicyclic) bond motifs is 1. The number of thiocarbonyl (C=S) groups is 1. The lowest BCUT2D eigenvalue weighted by atomic mass is 10.2. The number of hydrogen-bond acceptors (Lipinski definition) is 5. The Bertz CT molecular complexity index is 1200. The third-order valence-corrected chi connectivity index (χ3v) is 4.71. The first-order chi connectivity index (χ1) is 15.1. The first kappa shape index (κ1) is 20.4. The van der Waals surface area contributed by atoms with Gasteiger partial charge in [0.05, 0.1) is 7.11 Å². The third kappa shape index (κ3) is 5.21. The molecule has 7 heteroatoms. The number of rotatable bonds is 6. The van der Waals surface area contributed by atoms with E-state index in [0.717, 1.165) is 16.7 Å². The van der Waals surface area contributed by atoms with Crippen LogP contribution in [0.4, 0.5) is 5.69 Å². The summed E-state index contributed by atoms with van der Waals surface area (Å²) in [6, 6.07) is 24.1. The van der Waals surface area contributed by atoms with Crippen LogP contribution in [0.2, 0.25) is 0 Å². The Morgan fingerprint density at radius 3 is 2.61 bits per heavy atom. The molecule has 0 saturated heterocycles. The Kier molecular flexibility index (Phi) is 6.14. The Balaban J connectivity index is 1.35. The molecule has 156 valence electrons. The quantitative estimate of drug-likeness (QED) is 0.411. The molecule has 4 rings (SSSR count). The molecular weight excluding hydrogens is 412 g/mol. The summed E-state index contributed by atoms with van der Waals surface area (Å²) in [6.45, 7) is 0.397. The fourth-order valence-electron chi connectivity index (χ4n) is 3.01. The van der Waals surface area contributed by atoms with Crippen molar-refractivity contribution in [2.45, 2.75) is 6.61 Å². The van der Waals surface area contributed by atoms with Gasteiger partial charge in [0.25, 0.3) is 5.91 Å². The SMILES string of the molecule is COc1cccc(COc2cccc(NC(=S)NC(=O)c3cc4ccccc4o3)c2)c1. The topological polar surface area (TPSA) is 72.7 Å². The number of carbonyl (C=O) groups is 1. The van der Waals surface area contributed by atoms with Gasteiger partial charge in [0.15, 0.2) is 10.9 Å². The highest BCUT2D eigenvalue weighted by Crippen LogP contribution is 2.21. The first-order valence-electron chi connectivity index (χ1n) is 9.57. The lowest BCUT2D eigenvalue weighted by Gasteiger charge is -2.11. The molecule has 31 heavy (non-hydrogen) atoms. The van der Waals surface area contributed by atoms with Crippen LogP contribution in [0.15, 0.2) is 83.3 Å². The highest BCUT2D eigenvalue weighted by atomic mass is 32.1. The van der Waals surface area contributed by atoms with Crippen molar-refractivity contribution < 1.29 is 18.7 Å². The number of methoxy groups -OCH3 is 1. The van der Waals surface area contributed by atoms with Crippen LogP contribution in [-0.4, -0.2) is 18.1 Å². The molecule has 1 heterocycles. The van der Waals surface area contributed by atoms with E-state index < -0.39 is 5.91 Å². The van der Waals surface area contributed by atoms with E-state index in [-0.39, 0.29) is 10.9 Å². The second-order valence-corrected chi connectivity index (χ2v) is 7.13. The van der Waals surface area contributed by atoms with Gasteiger partial charge in [0, 0.05) is 17.1 Å². The number of anilines is 1. The summed E-state index contributed by atoms with van der Waals surface area (Å²) in [5.41, 5.74) is 2.33. The Labute approximate surface area is 184 Å². The number of carbonyl (C=O) groups excluding carboxylic acids is 1. The fourth-order valence-corrected chi connectivity index (χ4v) is 3.22. The van der Waals surface area contributed by atoms with Gasteiger partial charge in [-0.05, 0) is 54.2 Å². The number of hydrogen-bond donors (Lipinski definition) is 2. The number of ether oxygens (including phenoxy) is 2. The van der Waals surface area contributed by atoms with E-state index in [9.17, 15) is 4.79 Å². The van der Waals surface area contributed by atoms with Crippen molar-refractivity contribution in [1.82, 2.24) is 5.32 Å². The van der Waals surface area contributed by atoms with Crippen LogP contribution >= 0.6 is 12.2 Å². The van der Waals surface area contributed by atoms with E-state index in [1.165, 1.54) is 0 Å². The third-order valence-electron chi connectivity index (χ3n) is 4.51. The van der Waals surface area contributed by atoms with Crippen molar-refractivity contribution in [3.63, 3.8) is 0 Å². The van der Waals surface area contributed by atoms with Gasteiger partial charge in [-0.25, -0.2) is 0 Å². The normalized spacial score (nSPS) is 10.5. The Hall–Kier alpha value is -3.84. The monoisotopic (exact) mass is 432 g/mol. The lowest BCUT2D eigenvalue weighted by Crippen LogP contribution is -2.33. The molecule has 0 spiro atoms. The van der Waals surface area contributed by atoms with E-state index in [4.69, 9.17) is 26.1 Å². The molecule has 0 aliphatic heterocycles. The average Bonchev–Trinajstić information content (AvgIpc) is 3.23. The molecule has 0 radical (unpaired) electrons.